The van der Waals surface area contributed by atoms with Crippen LogP contribution in [-0.4, -0.2) is 0 Å². The monoisotopic (exact) mass is 108 g/mol. The van der Waals surface area contributed by atoms with Crippen LogP contribution in [0, 0.1) is 6.07 Å². The molecule has 0 saturated carbocycles. The third-order valence-corrected chi connectivity index (χ3v) is 0.770. The molecule has 0 bridgehead atoms. The molecule has 0 amide bonds. The van der Waals surface area contributed by atoms with Crippen LogP contribution in [0.1, 0.15) is 0 Å². The molecule has 0 N–H and O–H groups in total. The first-order chi connectivity index (χ1) is 3.93. The highest BCUT2D eigenvalue weighted by atomic mass is 17.1. The summed E-state index contributed by atoms with van der Waals surface area (Å²) in [5, 5.41) is 9.60. The van der Waals surface area contributed by atoms with Crippen LogP contribution in [0.15, 0.2) is 24.3 Å². The molecule has 0 aromatic heterocycles. The molecular weight excluding hydrogens is 104 g/mol. The minimum atomic E-state index is 0.229. The Morgan fingerprint density at radius 2 is 2.38 bits per heavy atom. The first-order valence-corrected chi connectivity index (χ1v) is 2.20. The molecule has 1 aromatic rings. The fourth-order valence-electron chi connectivity index (χ4n) is 0.429. The van der Waals surface area contributed by atoms with Crippen LogP contribution in [0.25, 0.3) is 0 Å². The average molecular weight is 108 g/mol. The molecule has 0 fully saturated rings. The molecule has 0 aliphatic heterocycles. The van der Waals surface area contributed by atoms with Crippen LogP contribution < -0.4 is 4.89 Å². The number of hydrogen-bond donors (Lipinski definition) is 0. The van der Waals surface area contributed by atoms with Crippen molar-refractivity contribution in [1.82, 2.24) is 0 Å². The second-order valence-corrected chi connectivity index (χ2v) is 1.31. The maximum atomic E-state index is 9.60. The van der Waals surface area contributed by atoms with E-state index in [1.165, 1.54) is 0 Å². The van der Waals surface area contributed by atoms with Crippen molar-refractivity contribution in [3.05, 3.63) is 30.3 Å². The van der Waals surface area contributed by atoms with Gasteiger partial charge in [-0.15, -0.1) is 0 Å². The second-order valence-electron chi connectivity index (χ2n) is 1.31. The van der Waals surface area contributed by atoms with Crippen molar-refractivity contribution in [3.8, 4) is 5.75 Å². The third-order valence-electron chi connectivity index (χ3n) is 0.770. The van der Waals surface area contributed by atoms with Gasteiger partial charge in [-0.1, -0.05) is 18.2 Å². The summed E-state index contributed by atoms with van der Waals surface area (Å²) in [6, 6.07) is 9.23. The van der Waals surface area contributed by atoms with E-state index in [4.69, 9.17) is 0 Å². The van der Waals surface area contributed by atoms with Gasteiger partial charge < -0.3 is 4.89 Å². The summed E-state index contributed by atoms with van der Waals surface area (Å²) in [6.07, 6.45) is 0. The summed E-state index contributed by atoms with van der Waals surface area (Å²) in [4.78, 5) is 3.61. The summed E-state index contributed by atoms with van der Waals surface area (Å²) in [5.41, 5.74) is 0. The molecule has 0 aliphatic rings. The summed E-state index contributed by atoms with van der Waals surface area (Å²) >= 11 is 0. The Labute approximate surface area is 47.3 Å². The smallest absolute Gasteiger partial charge is 0.176 e. The number of hydrogen-bond acceptors (Lipinski definition) is 1. The summed E-state index contributed by atoms with van der Waals surface area (Å²) < 4.78 is 0. The fraction of sp³-hybridized carbons (Fsp3) is 0. The zero-order valence-electron chi connectivity index (χ0n) is 4.13. The van der Waals surface area contributed by atoms with E-state index in [0.29, 0.717) is 0 Å². The Balaban J connectivity index is 2.83. The highest BCUT2D eigenvalue weighted by Gasteiger charge is 1.85. The zero-order chi connectivity index (χ0) is 5.82. The van der Waals surface area contributed by atoms with E-state index in [0.717, 1.165) is 0 Å². The van der Waals surface area contributed by atoms with Gasteiger partial charge in [0.2, 0.25) is 0 Å². The van der Waals surface area contributed by atoms with Gasteiger partial charge in [-0.05, 0) is 6.07 Å². The molecule has 0 unspecified atom stereocenters. The molecule has 2 nitrogen and oxygen atoms in total. The van der Waals surface area contributed by atoms with Gasteiger partial charge in [0.1, 0.15) is 0 Å². The van der Waals surface area contributed by atoms with Gasteiger partial charge in [-0.25, -0.2) is 0 Å². The normalized spacial score (nSPS) is 8.62. The van der Waals surface area contributed by atoms with E-state index >= 15 is 0 Å². The van der Waals surface area contributed by atoms with Gasteiger partial charge in [0.05, 0.1) is 0 Å². The number of para-hydroxylation sites is 1. The third kappa shape index (κ3) is 0.978. The van der Waals surface area contributed by atoms with Gasteiger partial charge >= 0.3 is 0 Å². The molecule has 8 heavy (non-hydrogen) atoms. The van der Waals surface area contributed by atoms with Crippen molar-refractivity contribution in [2.75, 3.05) is 0 Å². The predicted molar refractivity (Wildman–Crippen MR) is 26.6 cm³/mol. The Kier molecular flexibility index (Phi) is 1.49. The van der Waals surface area contributed by atoms with Crippen LogP contribution >= 0.6 is 0 Å². The van der Waals surface area contributed by atoms with E-state index in [9.17, 15) is 5.26 Å². The molecule has 0 atom stereocenters. The highest BCUT2D eigenvalue weighted by Crippen LogP contribution is 2.04. The van der Waals surface area contributed by atoms with Crippen molar-refractivity contribution in [1.29, 1.82) is 0 Å². The SMILES string of the molecule is [O]Oc1[c]cccc1. The predicted octanol–water partition coefficient (Wildman–Crippen LogP) is 1.21. The maximum Gasteiger partial charge on any atom is 0.176 e. The molecule has 0 heterocycles. The van der Waals surface area contributed by atoms with E-state index in [1.54, 1.807) is 24.3 Å². The van der Waals surface area contributed by atoms with E-state index in [1.807, 2.05) is 0 Å². The summed E-state index contributed by atoms with van der Waals surface area (Å²) in [6.45, 7) is 0. The van der Waals surface area contributed by atoms with Gasteiger partial charge in [0.25, 0.3) is 0 Å². The summed E-state index contributed by atoms with van der Waals surface area (Å²) in [7, 11) is 0. The molecular formula is C6H4O2. The molecule has 1 aromatic carbocycles. The first kappa shape index (κ1) is 5.12. The first-order valence-electron chi connectivity index (χ1n) is 2.20. The van der Waals surface area contributed by atoms with Gasteiger partial charge in [0, 0.05) is 11.3 Å². The van der Waals surface area contributed by atoms with Gasteiger partial charge in [-0.2, -0.15) is 0 Å². The largest absolute Gasteiger partial charge is 0.305 e. The Hall–Kier alpha value is -1.02. The van der Waals surface area contributed by atoms with Gasteiger partial charge in [0.15, 0.2) is 5.75 Å². The maximum absolute atomic E-state index is 9.60. The lowest BCUT2D eigenvalue weighted by Gasteiger charge is -1.86. The lowest BCUT2D eigenvalue weighted by molar-refractivity contribution is -0.208. The number of benzene rings is 1. The van der Waals surface area contributed by atoms with E-state index in [-0.39, 0.29) is 5.75 Å². The topological polar surface area (TPSA) is 29.1 Å². The van der Waals surface area contributed by atoms with E-state index < -0.39 is 0 Å². The average Bonchev–Trinajstić information content (AvgIpc) is 1.90. The zero-order valence-corrected chi connectivity index (χ0v) is 4.13. The molecule has 1 rings (SSSR count). The fourth-order valence-corrected chi connectivity index (χ4v) is 0.429. The second kappa shape index (κ2) is 2.33. The van der Waals surface area contributed by atoms with Crippen molar-refractivity contribution in [2.24, 2.45) is 0 Å². The Morgan fingerprint density at radius 1 is 1.50 bits per heavy atom. The van der Waals surface area contributed by atoms with Gasteiger partial charge in [-0.3, -0.25) is 0 Å². The van der Waals surface area contributed by atoms with E-state index in [2.05, 4.69) is 11.0 Å². The van der Waals surface area contributed by atoms with Crippen LogP contribution in [0.4, 0.5) is 0 Å². The molecule has 2 radical (unpaired) electrons. The summed E-state index contributed by atoms with van der Waals surface area (Å²) in [5.74, 6) is 0.229. The van der Waals surface area contributed by atoms with Crippen LogP contribution in [0.3, 0.4) is 0 Å². The van der Waals surface area contributed by atoms with Crippen LogP contribution in [0.2, 0.25) is 0 Å². The Bertz CT molecular complexity index is 148. The standard InChI is InChI=1S/C6H4O2/c7-8-6-4-2-1-3-5-6/h1-4H. The minimum Gasteiger partial charge on any atom is -0.305 e. The molecule has 40 valence electrons. The minimum absolute atomic E-state index is 0.229. The van der Waals surface area contributed by atoms with Crippen molar-refractivity contribution >= 4 is 0 Å². The quantitative estimate of drug-likeness (QED) is 0.392. The lowest BCUT2D eigenvalue weighted by Crippen LogP contribution is -1.77. The molecule has 0 spiro atoms. The number of rotatable bonds is 1. The molecule has 0 aliphatic carbocycles. The molecule has 0 saturated heterocycles. The highest BCUT2D eigenvalue weighted by molar-refractivity contribution is 5.18. The van der Waals surface area contributed by atoms with Crippen molar-refractivity contribution < 1.29 is 10.1 Å². The Morgan fingerprint density at radius 3 is 2.75 bits per heavy atom. The van der Waals surface area contributed by atoms with Crippen LogP contribution in [0.5, 0.6) is 5.75 Å². The molecule has 2 heteroatoms. The van der Waals surface area contributed by atoms with Crippen molar-refractivity contribution in [2.45, 2.75) is 0 Å². The van der Waals surface area contributed by atoms with Crippen molar-refractivity contribution in [3.63, 3.8) is 0 Å². The lowest BCUT2D eigenvalue weighted by atomic mass is 10.3. The van der Waals surface area contributed by atoms with Crippen LogP contribution in [-0.2, 0) is 5.26 Å².